The lowest BCUT2D eigenvalue weighted by molar-refractivity contribution is 0.258. The molecule has 0 bridgehead atoms. The van der Waals surface area contributed by atoms with E-state index in [1.807, 2.05) is 30.5 Å². The average molecular weight is 241 g/mol. The molecule has 0 aliphatic carbocycles. The highest BCUT2D eigenvalue weighted by atomic mass is 16.5. The zero-order valence-electron chi connectivity index (χ0n) is 10.1. The van der Waals surface area contributed by atoms with Gasteiger partial charge in [0.1, 0.15) is 5.75 Å². The number of nitrogens with zero attached hydrogens (tertiary/aromatic N) is 1. The second-order valence-electron chi connectivity index (χ2n) is 4.56. The second-order valence-corrected chi connectivity index (χ2v) is 4.56. The van der Waals surface area contributed by atoms with Crippen LogP contribution in [0.15, 0.2) is 53.5 Å². The molecule has 1 aromatic heterocycles. The summed E-state index contributed by atoms with van der Waals surface area (Å²) in [6.07, 6.45) is 2.80. The fourth-order valence-electron chi connectivity index (χ4n) is 2.45. The van der Waals surface area contributed by atoms with Crippen LogP contribution in [0.2, 0.25) is 0 Å². The van der Waals surface area contributed by atoms with Gasteiger partial charge < -0.3 is 9.30 Å². The van der Waals surface area contributed by atoms with E-state index in [4.69, 9.17) is 4.74 Å². The molecule has 0 fully saturated rings. The van der Waals surface area contributed by atoms with Crippen LogP contribution in [0, 0.1) is 0 Å². The molecule has 92 valence electrons. The summed E-state index contributed by atoms with van der Waals surface area (Å²) in [4.78, 5) is 11.7. The Morgan fingerprint density at radius 1 is 1.17 bits per heavy atom. The van der Waals surface area contributed by atoms with Gasteiger partial charge in [0, 0.05) is 24.7 Å². The minimum Gasteiger partial charge on any atom is -0.493 e. The summed E-state index contributed by atoms with van der Waals surface area (Å²) >= 11 is 0. The largest absolute Gasteiger partial charge is 0.493 e. The standard InChI is InChI=1S/C15H15NO2/c17-15-7-3-4-9-16(15)11-12-8-10-18-14-6-2-1-5-13(12)14/h1-7,9,12H,8,10-11H2. The molecule has 1 atom stereocenters. The highest BCUT2D eigenvalue weighted by molar-refractivity contribution is 5.37. The first-order valence-electron chi connectivity index (χ1n) is 6.22. The van der Waals surface area contributed by atoms with Crippen LogP contribution in [0.3, 0.4) is 0 Å². The van der Waals surface area contributed by atoms with Gasteiger partial charge >= 0.3 is 0 Å². The lowest BCUT2D eigenvalue weighted by Gasteiger charge is -2.26. The fourth-order valence-corrected chi connectivity index (χ4v) is 2.45. The van der Waals surface area contributed by atoms with E-state index < -0.39 is 0 Å². The highest BCUT2D eigenvalue weighted by Crippen LogP contribution is 2.33. The van der Waals surface area contributed by atoms with Crippen molar-refractivity contribution in [1.82, 2.24) is 4.57 Å². The van der Waals surface area contributed by atoms with E-state index in [2.05, 4.69) is 6.07 Å². The van der Waals surface area contributed by atoms with Crippen molar-refractivity contribution in [2.75, 3.05) is 6.61 Å². The van der Waals surface area contributed by atoms with Crippen molar-refractivity contribution in [2.24, 2.45) is 0 Å². The lowest BCUT2D eigenvalue weighted by Crippen LogP contribution is -2.24. The molecule has 0 radical (unpaired) electrons. The summed E-state index contributed by atoms with van der Waals surface area (Å²) in [5.41, 5.74) is 1.26. The normalized spacial score (nSPS) is 17.9. The van der Waals surface area contributed by atoms with Crippen molar-refractivity contribution in [3.8, 4) is 5.75 Å². The molecular weight excluding hydrogens is 226 g/mol. The average Bonchev–Trinajstić information content (AvgIpc) is 2.42. The second kappa shape index (κ2) is 4.69. The summed E-state index contributed by atoms with van der Waals surface area (Å²) in [5, 5.41) is 0. The SMILES string of the molecule is O=c1ccccn1CC1CCOc2ccccc21. The molecule has 1 aliphatic heterocycles. The first-order valence-corrected chi connectivity index (χ1v) is 6.22. The maximum Gasteiger partial charge on any atom is 0.250 e. The third-order valence-electron chi connectivity index (χ3n) is 3.40. The predicted molar refractivity (Wildman–Crippen MR) is 70.0 cm³/mol. The smallest absolute Gasteiger partial charge is 0.250 e. The van der Waals surface area contributed by atoms with Crippen molar-refractivity contribution in [3.63, 3.8) is 0 Å². The molecule has 0 amide bonds. The van der Waals surface area contributed by atoms with E-state index in [0.29, 0.717) is 5.92 Å². The first kappa shape index (κ1) is 11.1. The molecule has 18 heavy (non-hydrogen) atoms. The zero-order chi connectivity index (χ0) is 12.4. The Labute approximate surface area is 106 Å². The summed E-state index contributed by atoms with van der Waals surface area (Å²) in [6, 6.07) is 13.4. The molecule has 3 nitrogen and oxygen atoms in total. The Morgan fingerprint density at radius 2 is 2.00 bits per heavy atom. The Bertz CT molecular complexity index is 603. The molecule has 2 aromatic rings. The molecule has 0 N–H and O–H groups in total. The first-order chi connectivity index (χ1) is 8.84. The number of fused-ring (bicyclic) bond motifs is 1. The van der Waals surface area contributed by atoms with Crippen LogP contribution in [0.1, 0.15) is 17.9 Å². The van der Waals surface area contributed by atoms with Gasteiger partial charge in [-0.2, -0.15) is 0 Å². The third-order valence-corrected chi connectivity index (χ3v) is 3.40. The van der Waals surface area contributed by atoms with Crippen molar-refractivity contribution >= 4 is 0 Å². The molecular formula is C15H15NO2. The van der Waals surface area contributed by atoms with Crippen LogP contribution in [0.5, 0.6) is 5.75 Å². The summed E-state index contributed by atoms with van der Waals surface area (Å²) in [7, 11) is 0. The molecule has 3 rings (SSSR count). The third kappa shape index (κ3) is 2.04. The zero-order valence-corrected chi connectivity index (χ0v) is 10.1. The van der Waals surface area contributed by atoms with E-state index in [9.17, 15) is 4.79 Å². The quantitative estimate of drug-likeness (QED) is 0.808. The van der Waals surface area contributed by atoms with Gasteiger partial charge in [-0.1, -0.05) is 24.3 Å². The maximum atomic E-state index is 11.7. The highest BCUT2D eigenvalue weighted by Gasteiger charge is 2.21. The van der Waals surface area contributed by atoms with Crippen LogP contribution < -0.4 is 10.3 Å². The van der Waals surface area contributed by atoms with Crippen molar-refractivity contribution in [1.29, 1.82) is 0 Å². The monoisotopic (exact) mass is 241 g/mol. The van der Waals surface area contributed by atoms with Gasteiger partial charge in [-0.15, -0.1) is 0 Å². The van der Waals surface area contributed by atoms with Crippen molar-refractivity contribution in [3.05, 3.63) is 64.6 Å². The molecule has 0 saturated heterocycles. The number of hydrogen-bond donors (Lipinski definition) is 0. The van der Waals surface area contributed by atoms with Gasteiger partial charge in [-0.3, -0.25) is 4.79 Å². The molecule has 0 spiro atoms. The van der Waals surface area contributed by atoms with E-state index in [1.165, 1.54) is 5.56 Å². The lowest BCUT2D eigenvalue weighted by atomic mass is 9.93. The Hall–Kier alpha value is -2.03. The summed E-state index contributed by atoms with van der Waals surface area (Å²) in [5.74, 6) is 1.31. The molecule has 1 unspecified atom stereocenters. The minimum absolute atomic E-state index is 0.0569. The number of ether oxygens (including phenoxy) is 1. The van der Waals surface area contributed by atoms with Gasteiger partial charge in [0.25, 0.3) is 5.56 Å². The van der Waals surface area contributed by atoms with Crippen LogP contribution >= 0.6 is 0 Å². The number of pyridine rings is 1. The molecule has 3 heteroatoms. The van der Waals surface area contributed by atoms with E-state index >= 15 is 0 Å². The van der Waals surface area contributed by atoms with E-state index in [1.54, 1.807) is 16.7 Å². The summed E-state index contributed by atoms with van der Waals surface area (Å²) in [6.45, 7) is 1.45. The topological polar surface area (TPSA) is 31.2 Å². The number of para-hydroxylation sites is 1. The predicted octanol–water partition coefficient (Wildman–Crippen LogP) is 2.41. The Morgan fingerprint density at radius 3 is 2.89 bits per heavy atom. The van der Waals surface area contributed by atoms with Gasteiger partial charge in [0.15, 0.2) is 0 Å². The van der Waals surface area contributed by atoms with Gasteiger partial charge in [-0.25, -0.2) is 0 Å². The van der Waals surface area contributed by atoms with Crippen molar-refractivity contribution in [2.45, 2.75) is 18.9 Å². The molecule has 1 aliphatic rings. The van der Waals surface area contributed by atoms with Crippen molar-refractivity contribution < 1.29 is 4.74 Å². The minimum atomic E-state index is 0.0569. The number of rotatable bonds is 2. The Kier molecular flexibility index (Phi) is 2.89. The molecule has 0 saturated carbocycles. The molecule has 1 aromatic carbocycles. The van der Waals surface area contributed by atoms with Gasteiger partial charge in [0.05, 0.1) is 6.61 Å². The van der Waals surface area contributed by atoms with Gasteiger partial charge in [-0.05, 0) is 24.1 Å². The van der Waals surface area contributed by atoms with Crippen LogP contribution in [-0.4, -0.2) is 11.2 Å². The van der Waals surface area contributed by atoms with Gasteiger partial charge in [0.2, 0.25) is 0 Å². The van der Waals surface area contributed by atoms with Crippen LogP contribution in [-0.2, 0) is 6.54 Å². The maximum absolute atomic E-state index is 11.7. The number of benzene rings is 1. The van der Waals surface area contributed by atoms with E-state index in [0.717, 1.165) is 25.3 Å². The van der Waals surface area contributed by atoms with E-state index in [-0.39, 0.29) is 5.56 Å². The fraction of sp³-hybridized carbons (Fsp3) is 0.267. The van der Waals surface area contributed by atoms with Crippen LogP contribution in [0.25, 0.3) is 0 Å². The number of aromatic nitrogens is 1. The number of hydrogen-bond acceptors (Lipinski definition) is 2. The Balaban J connectivity index is 1.91. The van der Waals surface area contributed by atoms with Crippen LogP contribution in [0.4, 0.5) is 0 Å². The summed E-state index contributed by atoms with van der Waals surface area (Å²) < 4.78 is 7.40. The molecule has 2 heterocycles.